The van der Waals surface area contributed by atoms with Crippen LogP contribution in [0.2, 0.25) is 5.02 Å². The maximum atomic E-state index is 11.2. The number of primary amides is 1. The predicted molar refractivity (Wildman–Crippen MR) is 57.1 cm³/mol. The van der Waals surface area contributed by atoms with E-state index in [1.807, 2.05) is 0 Å². The average molecular weight is 227 g/mol. The van der Waals surface area contributed by atoms with Crippen LogP contribution in [-0.2, 0) is 6.42 Å². The molecule has 1 heterocycles. The Hall–Kier alpha value is -1.26. The highest BCUT2D eigenvalue weighted by molar-refractivity contribution is 6.32. The summed E-state index contributed by atoms with van der Waals surface area (Å²) in [6, 6.07) is 3.09. The molecule has 0 radical (unpaired) electrons. The maximum Gasteiger partial charge on any atom is 0.249 e. The third-order valence-electron chi connectivity index (χ3n) is 2.39. The lowest BCUT2D eigenvalue weighted by atomic mass is 9.97. The molecule has 2 rings (SSSR count). The maximum absolute atomic E-state index is 11.2. The highest BCUT2D eigenvalue weighted by atomic mass is 35.5. The number of rotatable bonds is 1. The Morgan fingerprint density at radius 3 is 2.93 bits per heavy atom. The monoisotopic (exact) mass is 226 g/mol. The molecule has 0 fully saturated rings. The second-order valence-corrected chi connectivity index (χ2v) is 3.95. The van der Waals surface area contributed by atoms with Crippen LogP contribution < -0.4 is 16.2 Å². The van der Waals surface area contributed by atoms with Crippen molar-refractivity contribution >= 4 is 17.5 Å². The fraction of sp³-hybridized carbons (Fsp3) is 0.300. The van der Waals surface area contributed by atoms with Gasteiger partial charge in [0.25, 0.3) is 0 Å². The molecule has 0 saturated carbocycles. The van der Waals surface area contributed by atoms with Gasteiger partial charge in [0.1, 0.15) is 12.4 Å². The van der Waals surface area contributed by atoms with E-state index in [2.05, 4.69) is 0 Å². The van der Waals surface area contributed by atoms with Gasteiger partial charge in [0.05, 0.1) is 5.02 Å². The van der Waals surface area contributed by atoms with Gasteiger partial charge in [-0.05, 0) is 18.6 Å². The van der Waals surface area contributed by atoms with Crippen molar-refractivity contribution in [3.05, 3.63) is 28.3 Å². The molecule has 15 heavy (non-hydrogen) atoms. The van der Waals surface area contributed by atoms with Gasteiger partial charge >= 0.3 is 0 Å². The van der Waals surface area contributed by atoms with Crippen LogP contribution in [0.3, 0.4) is 0 Å². The molecule has 1 aromatic carbocycles. The van der Waals surface area contributed by atoms with Crippen LogP contribution in [-0.4, -0.2) is 18.6 Å². The summed E-state index contributed by atoms with van der Waals surface area (Å²) >= 11 is 5.95. The first-order valence-electron chi connectivity index (χ1n) is 4.59. The van der Waals surface area contributed by atoms with Crippen LogP contribution >= 0.6 is 11.6 Å². The Morgan fingerprint density at radius 2 is 2.27 bits per heavy atom. The van der Waals surface area contributed by atoms with Gasteiger partial charge in [0.15, 0.2) is 0 Å². The van der Waals surface area contributed by atoms with Crippen molar-refractivity contribution in [2.75, 3.05) is 6.61 Å². The zero-order valence-corrected chi connectivity index (χ0v) is 8.75. The zero-order chi connectivity index (χ0) is 11.0. The summed E-state index contributed by atoms with van der Waals surface area (Å²) in [5.74, 6) is 0.0512. The first-order chi connectivity index (χ1) is 7.09. The molecular weight excluding hydrogens is 216 g/mol. The van der Waals surface area contributed by atoms with E-state index in [0.29, 0.717) is 34.9 Å². The van der Waals surface area contributed by atoms with Crippen molar-refractivity contribution in [3.8, 4) is 5.75 Å². The summed E-state index contributed by atoms with van der Waals surface area (Å²) in [5, 5.41) is 0.488. The van der Waals surface area contributed by atoms with Crippen LogP contribution in [0.1, 0.15) is 15.9 Å². The van der Waals surface area contributed by atoms with E-state index in [-0.39, 0.29) is 6.04 Å². The van der Waals surface area contributed by atoms with Crippen molar-refractivity contribution in [2.24, 2.45) is 11.5 Å². The Morgan fingerprint density at radius 1 is 1.53 bits per heavy atom. The van der Waals surface area contributed by atoms with Gasteiger partial charge < -0.3 is 16.2 Å². The van der Waals surface area contributed by atoms with E-state index in [1.54, 1.807) is 12.1 Å². The third kappa shape index (κ3) is 1.78. The second kappa shape index (κ2) is 3.72. The number of carbonyl (C=O) groups excluding carboxylic acids is 1. The summed E-state index contributed by atoms with van der Waals surface area (Å²) < 4.78 is 5.39. The number of benzene rings is 1. The smallest absolute Gasteiger partial charge is 0.249 e. The van der Waals surface area contributed by atoms with Gasteiger partial charge in [-0.2, -0.15) is 0 Å². The van der Waals surface area contributed by atoms with E-state index in [1.165, 1.54) is 0 Å². The first kappa shape index (κ1) is 10.3. The van der Waals surface area contributed by atoms with E-state index in [4.69, 9.17) is 27.8 Å². The lowest BCUT2D eigenvalue weighted by Crippen LogP contribution is -2.35. The van der Waals surface area contributed by atoms with Gasteiger partial charge in [-0.3, -0.25) is 4.79 Å². The summed E-state index contributed by atoms with van der Waals surface area (Å²) in [7, 11) is 0. The van der Waals surface area contributed by atoms with Crippen LogP contribution in [0, 0.1) is 0 Å². The SMILES string of the molecule is NC(=O)c1ccc(Cl)c2c1CC(N)CO2. The highest BCUT2D eigenvalue weighted by Crippen LogP contribution is 2.34. The van der Waals surface area contributed by atoms with Crippen molar-refractivity contribution in [1.82, 2.24) is 0 Å². The summed E-state index contributed by atoms with van der Waals surface area (Å²) in [6.45, 7) is 0.412. The number of halogens is 1. The Labute approximate surface area is 92.1 Å². The number of hydrogen-bond acceptors (Lipinski definition) is 3. The van der Waals surface area contributed by atoms with Crippen molar-refractivity contribution in [2.45, 2.75) is 12.5 Å². The van der Waals surface area contributed by atoms with Gasteiger partial charge in [0, 0.05) is 17.2 Å². The van der Waals surface area contributed by atoms with Crippen LogP contribution in [0.25, 0.3) is 0 Å². The van der Waals surface area contributed by atoms with Crippen LogP contribution in [0.15, 0.2) is 12.1 Å². The van der Waals surface area contributed by atoms with Crippen molar-refractivity contribution in [3.63, 3.8) is 0 Å². The van der Waals surface area contributed by atoms with Crippen LogP contribution in [0.5, 0.6) is 5.75 Å². The molecule has 4 nitrogen and oxygen atoms in total. The molecule has 1 amide bonds. The van der Waals surface area contributed by atoms with Gasteiger partial charge in [-0.1, -0.05) is 11.6 Å². The minimum absolute atomic E-state index is 0.117. The lowest BCUT2D eigenvalue weighted by Gasteiger charge is -2.24. The molecule has 0 aliphatic carbocycles. The molecule has 0 saturated heterocycles. The number of fused-ring (bicyclic) bond motifs is 1. The Kier molecular flexibility index (Phi) is 2.54. The number of nitrogens with two attached hydrogens (primary N) is 2. The van der Waals surface area contributed by atoms with Gasteiger partial charge in [-0.25, -0.2) is 0 Å². The molecule has 1 aliphatic rings. The topological polar surface area (TPSA) is 78.3 Å². The average Bonchev–Trinajstić information content (AvgIpc) is 2.17. The molecule has 1 atom stereocenters. The zero-order valence-electron chi connectivity index (χ0n) is 8.00. The van der Waals surface area contributed by atoms with Crippen molar-refractivity contribution < 1.29 is 9.53 Å². The van der Waals surface area contributed by atoms with E-state index < -0.39 is 5.91 Å². The molecule has 80 valence electrons. The highest BCUT2D eigenvalue weighted by Gasteiger charge is 2.23. The standard InChI is InChI=1S/C10H11ClN2O2/c11-8-2-1-6(10(13)14)7-3-5(12)4-15-9(7)8/h1-2,5H,3-4,12H2,(H2,13,14). The molecular formula is C10H11ClN2O2. The molecule has 1 aromatic rings. The number of hydrogen-bond donors (Lipinski definition) is 2. The third-order valence-corrected chi connectivity index (χ3v) is 2.68. The molecule has 4 N–H and O–H groups in total. The minimum atomic E-state index is -0.486. The number of carbonyl (C=O) groups is 1. The molecule has 5 heteroatoms. The van der Waals surface area contributed by atoms with Crippen molar-refractivity contribution in [1.29, 1.82) is 0 Å². The molecule has 0 spiro atoms. The molecule has 1 unspecified atom stereocenters. The Bertz CT molecular complexity index is 420. The quantitative estimate of drug-likeness (QED) is 0.740. The summed E-state index contributed by atoms with van der Waals surface area (Å²) in [6.07, 6.45) is 0.564. The van der Waals surface area contributed by atoms with Crippen LogP contribution in [0.4, 0.5) is 0 Å². The van der Waals surface area contributed by atoms with E-state index in [9.17, 15) is 4.79 Å². The largest absolute Gasteiger partial charge is 0.490 e. The Balaban J connectivity index is 2.56. The van der Waals surface area contributed by atoms with Gasteiger partial charge in [0.2, 0.25) is 5.91 Å². The normalized spacial score (nSPS) is 19.2. The lowest BCUT2D eigenvalue weighted by molar-refractivity contribution is 0.0998. The first-order valence-corrected chi connectivity index (χ1v) is 4.97. The second-order valence-electron chi connectivity index (χ2n) is 3.54. The fourth-order valence-corrected chi connectivity index (χ4v) is 1.93. The summed E-state index contributed by atoms with van der Waals surface area (Å²) in [5.41, 5.74) is 12.2. The van der Waals surface area contributed by atoms with Gasteiger partial charge in [-0.15, -0.1) is 0 Å². The minimum Gasteiger partial charge on any atom is -0.490 e. The number of ether oxygens (including phenoxy) is 1. The fourth-order valence-electron chi connectivity index (χ4n) is 1.70. The van der Waals surface area contributed by atoms with E-state index >= 15 is 0 Å². The molecule has 0 aromatic heterocycles. The number of amides is 1. The van der Waals surface area contributed by atoms with E-state index in [0.717, 1.165) is 0 Å². The summed E-state index contributed by atoms with van der Waals surface area (Å²) in [4.78, 5) is 11.2. The molecule has 1 aliphatic heterocycles. The predicted octanol–water partition coefficient (Wildman–Crippen LogP) is 0.701. The molecule has 0 bridgehead atoms.